The van der Waals surface area contributed by atoms with Gasteiger partial charge in [0.2, 0.25) is 5.91 Å². The Labute approximate surface area is 113 Å². The fraction of sp³-hybridized carbons (Fsp3) is 0.533. The van der Waals surface area contributed by atoms with Gasteiger partial charge in [-0.3, -0.25) is 4.79 Å². The van der Waals surface area contributed by atoms with E-state index in [-0.39, 0.29) is 24.3 Å². The van der Waals surface area contributed by atoms with E-state index in [0.29, 0.717) is 6.61 Å². The summed E-state index contributed by atoms with van der Waals surface area (Å²) >= 11 is 0. The Kier molecular flexibility index (Phi) is 4.10. The molecule has 104 valence electrons. The van der Waals surface area contributed by atoms with Crippen molar-refractivity contribution in [3.8, 4) is 5.75 Å². The predicted molar refractivity (Wildman–Crippen MR) is 73.0 cm³/mol. The molecule has 0 bridgehead atoms. The van der Waals surface area contributed by atoms with E-state index in [1.165, 1.54) is 0 Å². The number of fused-ring (bicyclic) bond motifs is 1. The molecular formula is C15H21NO3. The molecule has 0 aromatic heterocycles. The Hall–Kier alpha value is -1.55. The number of aliphatic hydroxyl groups is 1. The van der Waals surface area contributed by atoms with Crippen molar-refractivity contribution in [3.63, 3.8) is 0 Å². The minimum Gasteiger partial charge on any atom is -0.491 e. The molecule has 1 aromatic rings. The molecule has 2 unspecified atom stereocenters. The lowest BCUT2D eigenvalue weighted by Gasteiger charge is -2.16. The van der Waals surface area contributed by atoms with Crippen LogP contribution < -0.4 is 10.1 Å². The van der Waals surface area contributed by atoms with Gasteiger partial charge < -0.3 is 15.2 Å². The molecule has 0 spiro atoms. The second kappa shape index (κ2) is 5.61. The Morgan fingerprint density at radius 3 is 2.95 bits per heavy atom. The number of nitrogens with one attached hydrogen (secondary N) is 1. The van der Waals surface area contributed by atoms with Crippen LogP contribution in [0, 0.1) is 12.8 Å². The number of carbonyl (C=O) groups is 1. The van der Waals surface area contributed by atoms with Gasteiger partial charge in [0.15, 0.2) is 0 Å². The maximum Gasteiger partial charge on any atom is 0.223 e. The van der Waals surface area contributed by atoms with E-state index in [2.05, 4.69) is 5.32 Å². The van der Waals surface area contributed by atoms with Crippen LogP contribution in [0.15, 0.2) is 18.2 Å². The molecule has 1 aliphatic heterocycles. The van der Waals surface area contributed by atoms with Gasteiger partial charge in [-0.1, -0.05) is 31.5 Å². The van der Waals surface area contributed by atoms with Crippen molar-refractivity contribution in [1.29, 1.82) is 0 Å². The lowest BCUT2D eigenvalue weighted by molar-refractivity contribution is -0.124. The minimum atomic E-state index is -0.598. The van der Waals surface area contributed by atoms with Crippen LogP contribution in [0.1, 0.15) is 37.4 Å². The number of hydrogen-bond donors (Lipinski definition) is 2. The standard InChI is InChI=1S/C15H21NO3/c1-9(2)13(17)7-15(18)16-12-8-19-14-5-4-10(3)6-11(12)14/h4-6,9,12-13,17H,7-8H2,1-3H3,(H,16,18). The van der Waals surface area contributed by atoms with E-state index in [4.69, 9.17) is 4.74 Å². The molecule has 0 saturated carbocycles. The van der Waals surface area contributed by atoms with Crippen LogP contribution in [0.2, 0.25) is 0 Å². The Balaban J connectivity index is 1.99. The fourth-order valence-corrected chi connectivity index (χ4v) is 2.13. The lowest BCUT2D eigenvalue weighted by atomic mass is 10.0. The summed E-state index contributed by atoms with van der Waals surface area (Å²) in [5.41, 5.74) is 2.16. The zero-order chi connectivity index (χ0) is 14.0. The average molecular weight is 263 g/mol. The molecular weight excluding hydrogens is 242 g/mol. The summed E-state index contributed by atoms with van der Waals surface area (Å²) in [6.07, 6.45) is -0.464. The third-order valence-electron chi connectivity index (χ3n) is 3.45. The van der Waals surface area contributed by atoms with Gasteiger partial charge >= 0.3 is 0 Å². The molecule has 1 heterocycles. The summed E-state index contributed by atoms with van der Waals surface area (Å²) in [6, 6.07) is 5.85. The number of rotatable bonds is 4. The van der Waals surface area contributed by atoms with E-state index in [1.807, 2.05) is 39.0 Å². The van der Waals surface area contributed by atoms with Crippen molar-refractivity contribution in [1.82, 2.24) is 5.32 Å². The van der Waals surface area contributed by atoms with Crippen molar-refractivity contribution in [2.75, 3.05) is 6.61 Å². The molecule has 0 fully saturated rings. The van der Waals surface area contributed by atoms with E-state index < -0.39 is 6.10 Å². The summed E-state index contributed by atoms with van der Waals surface area (Å²) in [5, 5.41) is 12.6. The highest BCUT2D eigenvalue weighted by atomic mass is 16.5. The fourth-order valence-electron chi connectivity index (χ4n) is 2.13. The van der Waals surface area contributed by atoms with E-state index in [1.54, 1.807) is 0 Å². The van der Waals surface area contributed by atoms with Crippen molar-refractivity contribution in [2.24, 2.45) is 5.92 Å². The zero-order valence-corrected chi connectivity index (χ0v) is 11.6. The summed E-state index contributed by atoms with van der Waals surface area (Å²) in [7, 11) is 0. The lowest BCUT2D eigenvalue weighted by Crippen LogP contribution is -2.33. The maximum atomic E-state index is 11.9. The van der Waals surface area contributed by atoms with Gasteiger partial charge in [-0.25, -0.2) is 0 Å². The number of carbonyl (C=O) groups excluding carboxylic acids is 1. The highest BCUT2D eigenvalue weighted by Gasteiger charge is 2.26. The zero-order valence-electron chi connectivity index (χ0n) is 11.6. The van der Waals surface area contributed by atoms with Crippen LogP contribution in [0.5, 0.6) is 5.75 Å². The van der Waals surface area contributed by atoms with Crippen molar-refractivity contribution in [2.45, 2.75) is 39.3 Å². The molecule has 2 atom stereocenters. The third kappa shape index (κ3) is 3.26. The van der Waals surface area contributed by atoms with E-state index in [9.17, 15) is 9.90 Å². The first-order chi connectivity index (χ1) is 8.97. The summed E-state index contributed by atoms with van der Waals surface area (Å²) in [5.74, 6) is 0.782. The van der Waals surface area contributed by atoms with Crippen molar-refractivity contribution < 1.29 is 14.6 Å². The van der Waals surface area contributed by atoms with Crippen molar-refractivity contribution in [3.05, 3.63) is 29.3 Å². The highest BCUT2D eigenvalue weighted by Crippen LogP contribution is 2.32. The van der Waals surface area contributed by atoms with Crippen LogP contribution >= 0.6 is 0 Å². The van der Waals surface area contributed by atoms with Crippen LogP contribution in [-0.2, 0) is 4.79 Å². The molecule has 1 aliphatic rings. The maximum absolute atomic E-state index is 11.9. The Morgan fingerprint density at radius 1 is 1.53 bits per heavy atom. The van der Waals surface area contributed by atoms with Gasteiger partial charge in [0.1, 0.15) is 12.4 Å². The second-order valence-electron chi connectivity index (χ2n) is 5.49. The smallest absolute Gasteiger partial charge is 0.223 e. The van der Waals surface area contributed by atoms with Crippen LogP contribution in [0.4, 0.5) is 0 Å². The van der Waals surface area contributed by atoms with Crippen LogP contribution in [0.25, 0.3) is 0 Å². The first-order valence-corrected chi connectivity index (χ1v) is 6.68. The SMILES string of the molecule is Cc1ccc2c(c1)C(NC(=O)CC(O)C(C)C)CO2. The topological polar surface area (TPSA) is 58.6 Å². The van der Waals surface area contributed by atoms with Gasteiger partial charge in [-0.15, -0.1) is 0 Å². The van der Waals surface area contributed by atoms with E-state index in [0.717, 1.165) is 16.9 Å². The van der Waals surface area contributed by atoms with Crippen LogP contribution in [-0.4, -0.2) is 23.7 Å². The Bertz CT molecular complexity index is 470. The predicted octanol–water partition coefficient (Wildman–Crippen LogP) is 1.95. The van der Waals surface area contributed by atoms with Gasteiger partial charge in [0, 0.05) is 5.56 Å². The minimum absolute atomic E-state index is 0.0834. The first kappa shape index (κ1) is 13.9. The molecule has 4 nitrogen and oxygen atoms in total. The number of aryl methyl sites for hydroxylation is 1. The molecule has 19 heavy (non-hydrogen) atoms. The molecule has 4 heteroatoms. The molecule has 1 aromatic carbocycles. The third-order valence-corrected chi connectivity index (χ3v) is 3.45. The van der Waals surface area contributed by atoms with Crippen LogP contribution in [0.3, 0.4) is 0 Å². The first-order valence-electron chi connectivity index (χ1n) is 6.68. The Morgan fingerprint density at radius 2 is 2.26 bits per heavy atom. The van der Waals surface area contributed by atoms with Crippen molar-refractivity contribution >= 4 is 5.91 Å². The average Bonchev–Trinajstić information content (AvgIpc) is 2.71. The molecule has 2 N–H and O–H groups in total. The summed E-state index contributed by atoms with van der Waals surface area (Å²) < 4.78 is 5.54. The normalized spacial score (nSPS) is 18.9. The van der Waals surface area contributed by atoms with Gasteiger partial charge in [-0.2, -0.15) is 0 Å². The summed E-state index contributed by atoms with van der Waals surface area (Å²) in [4.78, 5) is 11.9. The largest absolute Gasteiger partial charge is 0.491 e. The van der Waals surface area contributed by atoms with Gasteiger partial charge in [0.25, 0.3) is 0 Å². The monoisotopic (exact) mass is 263 g/mol. The van der Waals surface area contributed by atoms with Gasteiger partial charge in [-0.05, 0) is 18.9 Å². The van der Waals surface area contributed by atoms with E-state index >= 15 is 0 Å². The molecule has 0 aliphatic carbocycles. The van der Waals surface area contributed by atoms with Gasteiger partial charge in [0.05, 0.1) is 18.6 Å². The number of aliphatic hydroxyl groups excluding tert-OH is 1. The number of ether oxygens (including phenoxy) is 1. The molecule has 1 amide bonds. The second-order valence-corrected chi connectivity index (χ2v) is 5.49. The molecule has 2 rings (SSSR count). The highest BCUT2D eigenvalue weighted by molar-refractivity contribution is 5.77. The summed E-state index contributed by atoms with van der Waals surface area (Å²) in [6.45, 7) is 6.27. The number of benzene rings is 1. The number of amides is 1. The quantitative estimate of drug-likeness (QED) is 0.873. The molecule has 0 radical (unpaired) electrons. The number of hydrogen-bond acceptors (Lipinski definition) is 3. The molecule has 0 saturated heterocycles.